The van der Waals surface area contributed by atoms with Gasteiger partial charge in [-0.15, -0.1) is 0 Å². The molecule has 0 amide bonds. The van der Waals surface area contributed by atoms with Crippen LogP contribution in [-0.2, 0) is 11.8 Å². The van der Waals surface area contributed by atoms with Crippen LogP contribution in [0.1, 0.15) is 44.0 Å². The van der Waals surface area contributed by atoms with Crippen molar-refractivity contribution in [2.24, 2.45) is 7.05 Å². The van der Waals surface area contributed by atoms with E-state index in [9.17, 15) is 0 Å². The zero-order valence-electron chi connectivity index (χ0n) is 10.4. The molecule has 2 fully saturated rings. The molecule has 5 nitrogen and oxygen atoms in total. The van der Waals surface area contributed by atoms with E-state index in [-0.39, 0.29) is 11.6 Å². The van der Waals surface area contributed by atoms with Crippen LogP contribution in [0.25, 0.3) is 0 Å². The van der Waals surface area contributed by atoms with Gasteiger partial charge in [-0.25, -0.2) is 4.98 Å². The lowest BCUT2D eigenvalue weighted by Gasteiger charge is -2.45. The first-order valence-electron chi connectivity index (χ1n) is 6.53. The lowest BCUT2D eigenvalue weighted by molar-refractivity contribution is -0.121. The third-order valence-corrected chi connectivity index (χ3v) is 3.94. The fourth-order valence-electron chi connectivity index (χ4n) is 3.12. The highest BCUT2D eigenvalue weighted by Crippen LogP contribution is 2.41. The van der Waals surface area contributed by atoms with Gasteiger partial charge in [0.05, 0.1) is 18.2 Å². The van der Waals surface area contributed by atoms with Crippen molar-refractivity contribution in [3.05, 3.63) is 12.2 Å². The van der Waals surface area contributed by atoms with E-state index in [0.717, 1.165) is 31.8 Å². The van der Waals surface area contributed by atoms with Crippen LogP contribution in [0.2, 0.25) is 0 Å². The molecule has 0 aromatic carbocycles. The van der Waals surface area contributed by atoms with Crippen molar-refractivity contribution in [3.63, 3.8) is 0 Å². The molecule has 1 unspecified atom stereocenters. The van der Waals surface area contributed by atoms with Crippen molar-refractivity contribution in [1.29, 1.82) is 0 Å². The molecular weight excluding hydrogens is 216 g/mol. The minimum atomic E-state index is -0.0577. The number of aromatic nitrogens is 3. The maximum atomic E-state index is 6.13. The largest absolute Gasteiger partial charge is 0.372 e. The summed E-state index contributed by atoms with van der Waals surface area (Å²) in [4.78, 5) is 4.40. The summed E-state index contributed by atoms with van der Waals surface area (Å²) in [6.07, 6.45) is 7.86. The molecule has 2 heterocycles. The van der Waals surface area contributed by atoms with Crippen molar-refractivity contribution >= 4 is 0 Å². The zero-order valence-corrected chi connectivity index (χ0v) is 10.4. The maximum absolute atomic E-state index is 6.13. The van der Waals surface area contributed by atoms with E-state index in [1.807, 2.05) is 7.05 Å². The predicted octanol–water partition coefficient (Wildman–Crippen LogP) is 1.18. The lowest BCUT2D eigenvalue weighted by Crippen LogP contribution is -2.53. The Bertz CT molecular complexity index is 375. The lowest BCUT2D eigenvalue weighted by atomic mass is 9.78. The van der Waals surface area contributed by atoms with E-state index >= 15 is 0 Å². The van der Waals surface area contributed by atoms with Crippen LogP contribution in [-0.4, -0.2) is 33.5 Å². The summed E-state index contributed by atoms with van der Waals surface area (Å²) in [7, 11) is 1.91. The van der Waals surface area contributed by atoms with Crippen LogP contribution in [0.5, 0.6) is 0 Å². The molecule has 3 rings (SSSR count). The van der Waals surface area contributed by atoms with E-state index in [0.29, 0.717) is 0 Å². The molecule has 1 aliphatic heterocycles. The highest BCUT2D eigenvalue weighted by atomic mass is 16.5. The van der Waals surface area contributed by atoms with Gasteiger partial charge >= 0.3 is 0 Å². The highest BCUT2D eigenvalue weighted by Gasteiger charge is 2.45. The molecule has 1 N–H and O–H groups in total. The summed E-state index contributed by atoms with van der Waals surface area (Å²) in [5.41, 5.74) is -0.0577. The van der Waals surface area contributed by atoms with E-state index < -0.39 is 0 Å². The van der Waals surface area contributed by atoms with Gasteiger partial charge < -0.3 is 10.1 Å². The fourth-order valence-corrected chi connectivity index (χ4v) is 3.12. The number of morpholine rings is 1. The SMILES string of the molecule is Cn1cnc(C2NCCOC23CCCCC3)n1. The van der Waals surface area contributed by atoms with Crippen molar-refractivity contribution in [2.45, 2.75) is 43.7 Å². The molecule has 1 aliphatic carbocycles. The predicted molar refractivity (Wildman–Crippen MR) is 63.5 cm³/mol. The monoisotopic (exact) mass is 236 g/mol. The van der Waals surface area contributed by atoms with Gasteiger partial charge in [0.1, 0.15) is 6.33 Å². The van der Waals surface area contributed by atoms with E-state index in [4.69, 9.17) is 4.74 Å². The third kappa shape index (κ3) is 1.98. The average Bonchev–Trinajstić information content (AvgIpc) is 2.77. The molecule has 5 heteroatoms. The summed E-state index contributed by atoms with van der Waals surface area (Å²) in [6.45, 7) is 1.70. The normalized spacial score (nSPS) is 28.4. The molecule has 1 aromatic heterocycles. The number of rotatable bonds is 1. The molecule has 1 saturated heterocycles. The van der Waals surface area contributed by atoms with Crippen LogP contribution in [0.3, 0.4) is 0 Å². The topological polar surface area (TPSA) is 52.0 Å². The van der Waals surface area contributed by atoms with Crippen molar-refractivity contribution < 1.29 is 4.74 Å². The molecular formula is C12H20N4O. The van der Waals surface area contributed by atoms with Gasteiger partial charge in [0, 0.05) is 13.6 Å². The minimum Gasteiger partial charge on any atom is -0.372 e. The average molecular weight is 236 g/mol. The van der Waals surface area contributed by atoms with Crippen LogP contribution < -0.4 is 5.32 Å². The Morgan fingerprint density at radius 2 is 2.24 bits per heavy atom. The second-order valence-corrected chi connectivity index (χ2v) is 5.14. The Morgan fingerprint density at radius 1 is 1.41 bits per heavy atom. The summed E-state index contributed by atoms with van der Waals surface area (Å²) in [6, 6.07) is 0.165. The molecule has 1 spiro atoms. The number of nitrogens with one attached hydrogen (secondary N) is 1. The Morgan fingerprint density at radius 3 is 2.94 bits per heavy atom. The Hall–Kier alpha value is -0.940. The van der Waals surface area contributed by atoms with Gasteiger partial charge in [0.15, 0.2) is 5.82 Å². The fraction of sp³-hybridized carbons (Fsp3) is 0.833. The number of hydrogen-bond acceptors (Lipinski definition) is 4. The first kappa shape index (κ1) is 11.2. The smallest absolute Gasteiger partial charge is 0.170 e. The third-order valence-electron chi connectivity index (χ3n) is 3.94. The molecule has 17 heavy (non-hydrogen) atoms. The zero-order chi connectivity index (χ0) is 11.7. The van der Waals surface area contributed by atoms with Gasteiger partial charge in [0.2, 0.25) is 0 Å². The summed E-state index contributed by atoms with van der Waals surface area (Å²) < 4.78 is 7.90. The number of nitrogens with zero attached hydrogens (tertiary/aromatic N) is 3. The van der Waals surface area contributed by atoms with Gasteiger partial charge in [-0.1, -0.05) is 19.3 Å². The van der Waals surface area contributed by atoms with Crippen LogP contribution in [0.4, 0.5) is 0 Å². The number of aryl methyl sites for hydroxylation is 1. The first-order valence-corrected chi connectivity index (χ1v) is 6.53. The quantitative estimate of drug-likeness (QED) is 0.795. The van der Waals surface area contributed by atoms with E-state index in [1.165, 1.54) is 19.3 Å². The van der Waals surface area contributed by atoms with Crippen molar-refractivity contribution in [1.82, 2.24) is 20.1 Å². The standard InChI is InChI=1S/C12H20N4O/c1-16-9-14-11(15-16)10-12(17-8-7-13-10)5-3-2-4-6-12/h9-10,13H,2-8H2,1H3. The number of ether oxygens (including phenoxy) is 1. The molecule has 0 bridgehead atoms. The second kappa shape index (κ2) is 4.38. The van der Waals surface area contributed by atoms with Gasteiger partial charge in [0.25, 0.3) is 0 Å². The molecule has 1 atom stereocenters. The van der Waals surface area contributed by atoms with Crippen molar-refractivity contribution in [2.75, 3.05) is 13.2 Å². The van der Waals surface area contributed by atoms with Crippen LogP contribution in [0.15, 0.2) is 6.33 Å². The number of hydrogen-bond donors (Lipinski definition) is 1. The molecule has 1 saturated carbocycles. The van der Waals surface area contributed by atoms with Gasteiger partial charge in [-0.2, -0.15) is 5.10 Å². The Labute approximate surface area is 102 Å². The molecule has 1 aromatic rings. The van der Waals surface area contributed by atoms with Gasteiger partial charge in [-0.3, -0.25) is 4.68 Å². The molecule has 94 valence electrons. The molecule has 2 aliphatic rings. The summed E-state index contributed by atoms with van der Waals surface area (Å²) in [5.74, 6) is 0.883. The highest BCUT2D eigenvalue weighted by molar-refractivity contribution is 5.07. The van der Waals surface area contributed by atoms with Crippen LogP contribution in [0, 0.1) is 0 Å². The Balaban J connectivity index is 1.89. The first-order chi connectivity index (χ1) is 8.30. The molecule has 0 radical (unpaired) electrons. The van der Waals surface area contributed by atoms with Crippen molar-refractivity contribution in [3.8, 4) is 0 Å². The maximum Gasteiger partial charge on any atom is 0.170 e. The second-order valence-electron chi connectivity index (χ2n) is 5.14. The van der Waals surface area contributed by atoms with E-state index in [2.05, 4.69) is 15.4 Å². The van der Waals surface area contributed by atoms with Crippen LogP contribution >= 0.6 is 0 Å². The Kier molecular flexibility index (Phi) is 2.88. The van der Waals surface area contributed by atoms with Gasteiger partial charge in [-0.05, 0) is 12.8 Å². The summed E-state index contributed by atoms with van der Waals surface area (Å²) in [5, 5.41) is 7.99. The summed E-state index contributed by atoms with van der Waals surface area (Å²) >= 11 is 0. The van der Waals surface area contributed by atoms with E-state index in [1.54, 1.807) is 11.0 Å². The minimum absolute atomic E-state index is 0.0577.